The van der Waals surface area contributed by atoms with E-state index >= 15 is 0 Å². The fraction of sp³-hybridized carbons (Fsp3) is 0.0625. The Labute approximate surface area is 125 Å². The lowest BCUT2D eigenvalue weighted by Crippen LogP contribution is -2.09. The zero-order valence-electron chi connectivity index (χ0n) is 10.9. The number of aromatic carboxylic acids is 1. The zero-order chi connectivity index (χ0) is 15.0. The SMILES string of the molecule is O=C(O)c1cc2ccc(F)cc2n1Cc1cccc(Cl)c1. The van der Waals surface area contributed by atoms with Crippen LogP contribution in [0.25, 0.3) is 10.9 Å². The molecule has 0 saturated heterocycles. The van der Waals surface area contributed by atoms with Crippen molar-refractivity contribution in [3.8, 4) is 0 Å². The van der Waals surface area contributed by atoms with E-state index in [9.17, 15) is 14.3 Å². The summed E-state index contributed by atoms with van der Waals surface area (Å²) in [5, 5.41) is 10.6. The molecule has 0 radical (unpaired) electrons. The number of hydrogen-bond donors (Lipinski definition) is 1. The molecule has 0 fully saturated rings. The van der Waals surface area contributed by atoms with Crippen LogP contribution in [0.3, 0.4) is 0 Å². The number of carboxylic acid groups (broad SMARTS) is 1. The van der Waals surface area contributed by atoms with Gasteiger partial charge in [0.2, 0.25) is 0 Å². The van der Waals surface area contributed by atoms with Gasteiger partial charge in [0.05, 0.1) is 5.52 Å². The standard InChI is InChI=1S/C16H11ClFNO2/c17-12-3-1-2-10(6-12)9-19-14-8-13(18)5-4-11(14)7-15(19)16(20)21/h1-8H,9H2,(H,20,21). The average Bonchev–Trinajstić information content (AvgIpc) is 2.77. The molecule has 0 amide bonds. The molecule has 21 heavy (non-hydrogen) atoms. The van der Waals surface area contributed by atoms with E-state index in [-0.39, 0.29) is 5.69 Å². The van der Waals surface area contributed by atoms with Crippen molar-refractivity contribution in [1.29, 1.82) is 0 Å². The largest absolute Gasteiger partial charge is 0.477 e. The van der Waals surface area contributed by atoms with Gasteiger partial charge in [-0.05, 0) is 42.0 Å². The molecule has 0 saturated carbocycles. The first kappa shape index (κ1) is 13.6. The van der Waals surface area contributed by atoms with Gasteiger partial charge < -0.3 is 9.67 Å². The minimum Gasteiger partial charge on any atom is -0.477 e. The van der Waals surface area contributed by atoms with Crippen LogP contribution in [0.15, 0.2) is 48.5 Å². The average molecular weight is 304 g/mol. The molecule has 0 spiro atoms. The third-order valence-electron chi connectivity index (χ3n) is 3.32. The summed E-state index contributed by atoms with van der Waals surface area (Å²) in [4.78, 5) is 11.4. The molecule has 1 aromatic heterocycles. The predicted octanol–water partition coefficient (Wildman–Crippen LogP) is 4.18. The van der Waals surface area contributed by atoms with Crippen LogP contribution >= 0.6 is 11.6 Å². The maximum absolute atomic E-state index is 13.4. The lowest BCUT2D eigenvalue weighted by atomic mass is 10.2. The van der Waals surface area contributed by atoms with Crippen molar-refractivity contribution in [2.45, 2.75) is 6.54 Å². The van der Waals surface area contributed by atoms with E-state index in [2.05, 4.69) is 0 Å². The maximum Gasteiger partial charge on any atom is 0.352 e. The van der Waals surface area contributed by atoms with E-state index in [1.165, 1.54) is 12.1 Å². The van der Waals surface area contributed by atoms with Gasteiger partial charge in [-0.25, -0.2) is 9.18 Å². The molecule has 1 N–H and O–H groups in total. The fourth-order valence-electron chi connectivity index (χ4n) is 2.39. The Bertz CT molecular complexity index is 841. The van der Waals surface area contributed by atoms with Crippen molar-refractivity contribution in [3.05, 3.63) is 70.6 Å². The van der Waals surface area contributed by atoms with E-state index in [1.54, 1.807) is 34.9 Å². The molecular weight excluding hydrogens is 293 g/mol. The first-order chi connectivity index (χ1) is 10.0. The number of hydrogen-bond acceptors (Lipinski definition) is 1. The summed E-state index contributed by atoms with van der Waals surface area (Å²) in [6, 6.07) is 12.9. The number of fused-ring (bicyclic) bond motifs is 1. The zero-order valence-corrected chi connectivity index (χ0v) is 11.6. The Balaban J connectivity index is 2.17. The van der Waals surface area contributed by atoms with Crippen LogP contribution < -0.4 is 0 Å². The molecule has 0 atom stereocenters. The number of rotatable bonds is 3. The van der Waals surface area contributed by atoms with Crippen LogP contribution in [-0.4, -0.2) is 15.6 Å². The van der Waals surface area contributed by atoms with E-state index in [4.69, 9.17) is 11.6 Å². The highest BCUT2D eigenvalue weighted by Gasteiger charge is 2.15. The van der Waals surface area contributed by atoms with Gasteiger partial charge in [0.15, 0.2) is 0 Å². The number of benzene rings is 2. The van der Waals surface area contributed by atoms with Crippen LogP contribution in [0.4, 0.5) is 4.39 Å². The van der Waals surface area contributed by atoms with Crippen molar-refractivity contribution in [3.63, 3.8) is 0 Å². The number of nitrogens with zero attached hydrogens (tertiary/aromatic N) is 1. The second-order valence-corrected chi connectivity index (χ2v) is 5.19. The first-order valence-electron chi connectivity index (χ1n) is 6.31. The molecule has 1 heterocycles. The van der Waals surface area contributed by atoms with Crippen molar-refractivity contribution < 1.29 is 14.3 Å². The lowest BCUT2D eigenvalue weighted by Gasteiger charge is -2.09. The summed E-state index contributed by atoms with van der Waals surface area (Å²) in [6.45, 7) is 0.315. The van der Waals surface area contributed by atoms with Crippen molar-refractivity contribution in [2.24, 2.45) is 0 Å². The van der Waals surface area contributed by atoms with Crippen molar-refractivity contribution >= 4 is 28.5 Å². The smallest absolute Gasteiger partial charge is 0.352 e. The molecule has 3 aromatic rings. The van der Waals surface area contributed by atoms with Gasteiger partial charge in [0.25, 0.3) is 0 Å². The second-order valence-electron chi connectivity index (χ2n) is 4.75. The van der Waals surface area contributed by atoms with E-state index in [0.717, 1.165) is 5.56 Å². The van der Waals surface area contributed by atoms with Gasteiger partial charge >= 0.3 is 5.97 Å². The monoisotopic (exact) mass is 303 g/mol. The highest BCUT2D eigenvalue weighted by molar-refractivity contribution is 6.30. The van der Waals surface area contributed by atoms with E-state index in [0.29, 0.717) is 22.5 Å². The molecule has 0 aliphatic rings. The van der Waals surface area contributed by atoms with Gasteiger partial charge in [0.1, 0.15) is 11.5 Å². The Kier molecular flexibility index (Phi) is 3.39. The highest BCUT2D eigenvalue weighted by Crippen LogP contribution is 2.23. The summed E-state index contributed by atoms with van der Waals surface area (Å²) < 4.78 is 15.0. The number of carboxylic acids is 1. The number of aromatic nitrogens is 1. The molecule has 0 aliphatic heterocycles. The fourth-order valence-corrected chi connectivity index (χ4v) is 2.61. The summed E-state index contributed by atoms with van der Waals surface area (Å²) in [6.07, 6.45) is 0. The highest BCUT2D eigenvalue weighted by atomic mass is 35.5. The summed E-state index contributed by atoms with van der Waals surface area (Å²) in [7, 11) is 0. The van der Waals surface area contributed by atoms with Crippen LogP contribution in [0.5, 0.6) is 0 Å². The molecule has 0 aliphatic carbocycles. The molecular formula is C16H11ClFNO2. The van der Waals surface area contributed by atoms with Gasteiger partial charge in [-0.2, -0.15) is 0 Å². The topological polar surface area (TPSA) is 42.2 Å². The number of carbonyl (C=O) groups is 1. The summed E-state index contributed by atoms with van der Waals surface area (Å²) >= 11 is 5.95. The summed E-state index contributed by atoms with van der Waals surface area (Å²) in [5.41, 5.74) is 1.52. The Morgan fingerprint density at radius 3 is 2.71 bits per heavy atom. The first-order valence-corrected chi connectivity index (χ1v) is 6.69. The molecule has 106 valence electrons. The third-order valence-corrected chi connectivity index (χ3v) is 3.55. The van der Waals surface area contributed by atoms with Gasteiger partial charge in [0, 0.05) is 17.0 Å². The second kappa shape index (κ2) is 5.22. The molecule has 5 heteroatoms. The van der Waals surface area contributed by atoms with Crippen molar-refractivity contribution in [2.75, 3.05) is 0 Å². The molecule has 2 aromatic carbocycles. The Morgan fingerprint density at radius 2 is 2.00 bits per heavy atom. The van der Waals surface area contributed by atoms with Gasteiger partial charge in [-0.3, -0.25) is 0 Å². The lowest BCUT2D eigenvalue weighted by molar-refractivity contribution is 0.0686. The Hall–Kier alpha value is -2.33. The minimum atomic E-state index is -1.05. The normalized spacial score (nSPS) is 11.0. The van der Waals surface area contributed by atoms with Crippen LogP contribution in [0, 0.1) is 5.82 Å². The van der Waals surface area contributed by atoms with Crippen molar-refractivity contribution in [1.82, 2.24) is 4.57 Å². The predicted molar refractivity (Wildman–Crippen MR) is 79.4 cm³/mol. The van der Waals surface area contributed by atoms with Crippen LogP contribution in [-0.2, 0) is 6.54 Å². The van der Waals surface area contributed by atoms with E-state index < -0.39 is 11.8 Å². The summed E-state index contributed by atoms with van der Waals surface area (Å²) in [5.74, 6) is -1.45. The quantitative estimate of drug-likeness (QED) is 0.788. The van der Waals surface area contributed by atoms with Gasteiger partial charge in [-0.1, -0.05) is 23.7 Å². The van der Waals surface area contributed by atoms with E-state index in [1.807, 2.05) is 6.07 Å². The minimum absolute atomic E-state index is 0.121. The molecule has 3 rings (SSSR count). The molecule has 0 bridgehead atoms. The Morgan fingerprint density at radius 1 is 1.19 bits per heavy atom. The van der Waals surface area contributed by atoms with Gasteiger partial charge in [-0.15, -0.1) is 0 Å². The third kappa shape index (κ3) is 2.62. The molecule has 0 unspecified atom stereocenters. The van der Waals surface area contributed by atoms with Crippen LogP contribution in [0.1, 0.15) is 16.1 Å². The number of halogens is 2. The molecule has 3 nitrogen and oxygen atoms in total. The van der Waals surface area contributed by atoms with Crippen LogP contribution in [0.2, 0.25) is 5.02 Å². The maximum atomic E-state index is 13.4.